The van der Waals surface area contributed by atoms with E-state index >= 15 is 0 Å². The lowest BCUT2D eigenvalue weighted by atomic mass is 10.2. The number of aromatic nitrogens is 2. The minimum atomic E-state index is -0.816. The summed E-state index contributed by atoms with van der Waals surface area (Å²) in [5, 5.41) is 13.5. The Labute approximate surface area is 78.1 Å². The SMILES string of the molecule is Cc1cn(C)nc1OCC(C)(C)O. The first kappa shape index (κ1) is 10.1. The molecule has 0 aliphatic rings. The minimum absolute atomic E-state index is 0.255. The highest BCUT2D eigenvalue weighted by molar-refractivity contribution is 5.20. The molecule has 0 saturated heterocycles. The van der Waals surface area contributed by atoms with Crippen LogP contribution in [0, 0.1) is 6.92 Å². The molecule has 0 amide bonds. The molecule has 0 aliphatic heterocycles. The minimum Gasteiger partial charge on any atom is -0.473 e. The van der Waals surface area contributed by atoms with E-state index < -0.39 is 5.60 Å². The summed E-state index contributed by atoms with van der Waals surface area (Å²) < 4.78 is 7.03. The maximum absolute atomic E-state index is 9.42. The molecule has 4 heteroatoms. The summed E-state index contributed by atoms with van der Waals surface area (Å²) in [4.78, 5) is 0. The van der Waals surface area contributed by atoms with Crippen molar-refractivity contribution in [2.24, 2.45) is 7.05 Å². The molecule has 4 nitrogen and oxygen atoms in total. The Kier molecular flexibility index (Phi) is 2.61. The topological polar surface area (TPSA) is 47.3 Å². The average molecular weight is 184 g/mol. The van der Waals surface area contributed by atoms with Gasteiger partial charge in [0.1, 0.15) is 6.61 Å². The number of hydrogen-bond donors (Lipinski definition) is 1. The molecule has 74 valence electrons. The zero-order chi connectivity index (χ0) is 10.1. The van der Waals surface area contributed by atoms with Crippen molar-refractivity contribution in [1.29, 1.82) is 0 Å². The molecule has 1 aromatic rings. The van der Waals surface area contributed by atoms with Gasteiger partial charge in [0.2, 0.25) is 5.88 Å². The normalized spacial score (nSPS) is 11.8. The molecule has 13 heavy (non-hydrogen) atoms. The van der Waals surface area contributed by atoms with Crippen LogP contribution in [0.15, 0.2) is 6.20 Å². The summed E-state index contributed by atoms with van der Waals surface area (Å²) in [7, 11) is 1.84. The third kappa shape index (κ3) is 3.06. The number of rotatable bonds is 3. The lowest BCUT2D eigenvalue weighted by Crippen LogP contribution is -2.28. The standard InChI is InChI=1S/C9H16N2O2/c1-7-5-11(4)10-8(7)13-6-9(2,3)12/h5,12H,6H2,1-4H3. The molecular weight excluding hydrogens is 168 g/mol. The molecular formula is C9H16N2O2. The van der Waals surface area contributed by atoms with Crippen LogP contribution in [-0.4, -0.2) is 27.1 Å². The summed E-state index contributed by atoms with van der Waals surface area (Å²) in [5.41, 5.74) is 0.163. The fourth-order valence-corrected chi connectivity index (χ4v) is 0.974. The van der Waals surface area contributed by atoms with Gasteiger partial charge in [0, 0.05) is 18.8 Å². The molecule has 0 spiro atoms. The fourth-order valence-electron chi connectivity index (χ4n) is 0.974. The molecule has 0 radical (unpaired) electrons. The number of aliphatic hydroxyl groups is 1. The van der Waals surface area contributed by atoms with Gasteiger partial charge in [-0.2, -0.15) is 0 Å². The highest BCUT2D eigenvalue weighted by Gasteiger charge is 2.15. The van der Waals surface area contributed by atoms with Crippen LogP contribution in [0.3, 0.4) is 0 Å². The second-order valence-corrected chi connectivity index (χ2v) is 3.89. The quantitative estimate of drug-likeness (QED) is 0.758. The second-order valence-electron chi connectivity index (χ2n) is 3.89. The van der Waals surface area contributed by atoms with Crippen molar-refractivity contribution in [2.45, 2.75) is 26.4 Å². The summed E-state index contributed by atoms with van der Waals surface area (Å²) in [5.74, 6) is 0.588. The first-order valence-electron chi connectivity index (χ1n) is 4.24. The number of nitrogens with zero attached hydrogens (tertiary/aromatic N) is 2. The number of hydrogen-bond acceptors (Lipinski definition) is 3. The van der Waals surface area contributed by atoms with E-state index in [2.05, 4.69) is 5.10 Å². The van der Waals surface area contributed by atoms with Crippen molar-refractivity contribution < 1.29 is 9.84 Å². The molecule has 1 heterocycles. The third-order valence-electron chi connectivity index (χ3n) is 1.53. The molecule has 0 aromatic carbocycles. The van der Waals surface area contributed by atoms with E-state index in [0.717, 1.165) is 5.56 Å². The van der Waals surface area contributed by atoms with Crippen LogP contribution in [0.2, 0.25) is 0 Å². The molecule has 0 bridgehead atoms. The van der Waals surface area contributed by atoms with Crippen LogP contribution in [0.25, 0.3) is 0 Å². The molecule has 0 unspecified atom stereocenters. The van der Waals surface area contributed by atoms with Gasteiger partial charge in [-0.1, -0.05) is 0 Å². The van der Waals surface area contributed by atoms with Crippen LogP contribution in [0.4, 0.5) is 0 Å². The Morgan fingerprint density at radius 2 is 2.23 bits per heavy atom. The summed E-state index contributed by atoms with van der Waals surface area (Å²) in [6, 6.07) is 0. The van der Waals surface area contributed by atoms with E-state index in [-0.39, 0.29) is 6.61 Å². The average Bonchev–Trinajstić information content (AvgIpc) is 2.24. The maximum atomic E-state index is 9.42. The lowest BCUT2D eigenvalue weighted by Gasteiger charge is -2.16. The van der Waals surface area contributed by atoms with Gasteiger partial charge in [-0.3, -0.25) is 4.68 Å². The highest BCUT2D eigenvalue weighted by atomic mass is 16.5. The molecule has 0 fully saturated rings. The Morgan fingerprint density at radius 3 is 2.62 bits per heavy atom. The van der Waals surface area contributed by atoms with Crippen LogP contribution in [0.1, 0.15) is 19.4 Å². The second kappa shape index (κ2) is 3.38. The van der Waals surface area contributed by atoms with E-state index in [1.165, 1.54) is 0 Å². The van der Waals surface area contributed by atoms with Gasteiger partial charge in [0.25, 0.3) is 0 Å². The fraction of sp³-hybridized carbons (Fsp3) is 0.667. The van der Waals surface area contributed by atoms with Crippen molar-refractivity contribution >= 4 is 0 Å². The third-order valence-corrected chi connectivity index (χ3v) is 1.53. The van der Waals surface area contributed by atoms with Gasteiger partial charge in [-0.25, -0.2) is 0 Å². The zero-order valence-electron chi connectivity index (χ0n) is 8.53. The van der Waals surface area contributed by atoms with E-state index in [9.17, 15) is 5.11 Å². The maximum Gasteiger partial charge on any atom is 0.235 e. The molecule has 0 saturated carbocycles. The van der Waals surface area contributed by atoms with E-state index in [1.54, 1.807) is 18.5 Å². The van der Waals surface area contributed by atoms with Crippen LogP contribution >= 0.6 is 0 Å². The van der Waals surface area contributed by atoms with Gasteiger partial charge < -0.3 is 9.84 Å². The van der Waals surface area contributed by atoms with Crippen LogP contribution in [-0.2, 0) is 7.05 Å². The summed E-state index contributed by atoms with van der Waals surface area (Å²) >= 11 is 0. The van der Waals surface area contributed by atoms with Crippen molar-refractivity contribution in [2.75, 3.05) is 6.61 Å². The van der Waals surface area contributed by atoms with Crippen molar-refractivity contribution in [3.05, 3.63) is 11.8 Å². The Morgan fingerprint density at radius 1 is 1.62 bits per heavy atom. The first-order valence-corrected chi connectivity index (χ1v) is 4.24. The van der Waals surface area contributed by atoms with Gasteiger partial charge >= 0.3 is 0 Å². The van der Waals surface area contributed by atoms with Crippen molar-refractivity contribution in [3.8, 4) is 5.88 Å². The lowest BCUT2D eigenvalue weighted by molar-refractivity contribution is 0.0264. The van der Waals surface area contributed by atoms with Crippen LogP contribution < -0.4 is 4.74 Å². The van der Waals surface area contributed by atoms with Gasteiger partial charge in [0.15, 0.2) is 0 Å². The number of ether oxygens (including phenoxy) is 1. The Hall–Kier alpha value is -1.03. The smallest absolute Gasteiger partial charge is 0.235 e. The Bertz CT molecular complexity index is 286. The molecule has 1 aromatic heterocycles. The van der Waals surface area contributed by atoms with E-state index in [0.29, 0.717) is 5.88 Å². The molecule has 0 aliphatic carbocycles. The predicted octanol–water partition coefficient (Wildman–Crippen LogP) is 0.878. The largest absolute Gasteiger partial charge is 0.473 e. The van der Waals surface area contributed by atoms with Gasteiger partial charge in [0.05, 0.1) is 5.60 Å². The zero-order valence-corrected chi connectivity index (χ0v) is 8.53. The summed E-state index contributed by atoms with van der Waals surface area (Å²) in [6.45, 7) is 5.58. The summed E-state index contributed by atoms with van der Waals surface area (Å²) in [6.07, 6.45) is 1.87. The van der Waals surface area contributed by atoms with E-state index in [1.807, 2.05) is 20.2 Å². The van der Waals surface area contributed by atoms with Gasteiger partial charge in [-0.05, 0) is 20.8 Å². The molecule has 1 N–H and O–H groups in total. The van der Waals surface area contributed by atoms with Crippen molar-refractivity contribution in [1.82, 2.24) is 9.78 Å². The highest BCUT2D eigenvalue weighted by Crippen LogP contribution is 2.15. The first-order chi connectivity index (χ1) is 5.88. The van der Waals surface area contributed by atoms with Crippen molar-refractivity contribution in [3.63, 3.8) is 0 Å². The Balaban J connectivity index is 2.59. The van der Waals surface area contributed by atoms with Crippen LogP contribution in [0.5, 0.6) is 5.88 Å². The van der Waals surface area contributed by atoms with E-state index in [4.69, 9.17) is 4.74 Å². The van der Waals surface area contributed by atoms with Gasteiger partial charge in [-0.15, -0.1) is 5.10 Å². The monoisotopic (exact) mass is 184 g/mol. The molecule has 0 atom stereocenters. The molecule has 1 rings (SSSR count). The predicted molar refractivity (Wildman–Crippen MR) is 49.7 cm³/mol. The number of aryl methyl sites for hydroxylation is 2.